The van der Waals surface area contributed by atoms with Crippen LogP contribution < -0.4 is 10.2 Å². The van der Waals surface area contributed by atoms with Crippen LogP contribution in [0, 0.1) is 5.92 Å². The molecule has 2 aromatic rings. The summed E-state index contributed by atoms with van der Waals surface area (Å²) in [5.41, 5.74) is 1.62. The fourth-order valence-electron chi connectivity index (χ4n) is 3.08. The van der Waals surface area contributed by atoms with Crippen LogP contribution in [0.2, 0.25) is 5.02 Å². The molecule has 1 aliphatic rings. The molecule has 5 nitrogen and oxygen atoms in total. The van der Waals surface area contributed by atoms with Gasteiger partial charge in [0.25, 0.3) is 0 Å². The zero-order valence-corrected chi connectivity index (χ0v) is 15.0. The molecule has 0 saturated carbocycles. The number of pyridine rings is 1. The van der Waals surface area contributed by atoms with E-state index in [4.69, 9.17) is 11.6 Å². The Kier molecular flexibility index (Phi) is 5.04. The second-order valence-electron chi connectivity index (χ2n) is 6.56. The van der Waals surface area contributed by atoms with Gasteiger partial charge in [0.2, 0.25) is 11.8 Å². The van der Waals surface area contributed by atoms with E-state index in [1.807, 2.05) is 19.9 Å². The van der Waals surface area contributed by atoms with E-state index in [9.17, 15) is 9.59 Å². The minimum absolute atomic E-state index is 0.0842. The second-order valence-corrected chi connectivity index (χ2v) is 7.00. The largest absolute Gasteiger partial charge is 0.309 e. The van der Waals surface area contributed by atoms with Gasteiger partial charge in [0.15, 0.2) is 0 Å². The van der Waals surface area contributed by atoms with Gasteiger partial charge in [0.1, 0.15) is 11.9 Å². The number of aromatic nitrogens is 1. The van der Waals surface area contributed by atoms with Crippen molar-refractivity contribution in [3.05, 3.63) is 53.2 Å². The lowest BCUT2D eigenvalue weighted by Crippen LogP contribution is -2.46. The molecular weight excluding hydrogens is 338 g/mol. The predicted molar refractivity (Wildman–Crippen MR) is 98.8 cm³/mol. The van der Waals surface area contributed by atoms with E-state index in [0.29, 0.717) is 17.3 Å². The molecule has 1 N–H and O–H groups in total. The van der Waals surface area contributed by atoms with Gasteiger partial charge < -0.3 is 5.32 Å². The molecule has 2 amide bonds. The highest BCUT2D eigenvalue weighted by atomic mass is 35.5. The van der Waals surface area contributed by atoms with Crippen LogP contribution in [0.4, 0.5) is 11.5 Å². The lowest BCUT2D eigenvalue weighted by Gasteiger charge is -2.29. The van der Waals surface area contributed by atoms with E-state index >= 15 is 0 Å². The normalized spacial score (nSPS) is 14.6. The number of carbonyl (C=O) groups is 2. The van der Waals surface area contributed by atoms with Crippen LogP contribution in [0.25, 0.3) is 0 Å². The topological polar surface area (TPSA) is 62.3 Å². The third-order valence-electron chi connectivity index (χ3n) is 4.14. The average Bonchev–Trinajstić information content (AvgIpc) is 2.88. The first kappa shape index (κ1) is 17.4. The Morgan fingerprint density at radius 1 is 1.32 bits per heavy atom. The summed E-state index contributed by atoms with van der Waals surface area (Å²) in [5.74, 6) is 0.413. The van der Waals surface area contributed by atoms with Gasteiger partial charge in [-0.25, -0.2) is 4.98 Å². The fourth-order valence-corrected chi connectivity index (χ4v) is 3.27. The Hall–Kier alpha value is -2.40. The first-order valence-corrected chi connectivity index (χ1v) is 8.66. The molecule has 1 aliphatic heterocycles. The summed E-state index contributed by atoms with van der Waals surface area (Å²) in [6, 6.07) is 10.1. The van der Waals surface area contributed by atoms with Crippen LogP contribution in [0.1, 0.15) is 25.8 Å². The van der Waals surface area contributed by atoms with Gasteiger partial charge >= 0.3 is 0 Å². The summed E-state index contributed by atoms with van der Waals surface area (Å²) in [5, 5.41) is 3.41. The van der Waals surface area contributed by atoms with Gasteiger partial charge in [-0.2, -0.15) is 0 Å². The number of nitrogens with zero attached hydrogens (tertiary/aromatic N) is 2. The molecule has 1 aromatic heterocycles. The van der Waals surface area contributed by atoms with Gasteiger partial charge in [-0.1, -0.05) is 31.5 Å². The standard InChI is InChI=1S/C19H20ClN3O2/c1-12(2)9-16(19(25)22-17-5-3-4-8-21-17)23-15-7-6-14(20)10-13(15)11-18(23)24/h3-8,10,12,16H,9,11H2,1-2H3,(H,21,22,25). The second kappa shape index (κ2) is 7.23. The maximum absolute atomic E-state index is 12.9. The van der Waals surface area contributed by atoms with Gasteiger partial charge in [-0.15, -0.1) is 0 Å². The maximum Gasteiger partial charge on any atom is 0.248 e. The summed E-state index contributed by atoms with van der Waals surface area (Å²) in [4.78, 5) is 31.2. The average molecular weight is 358 g/mol. The van der Waals surface area contributed by atoms with Crippen LogP contribution in [0.15, 0.2) is 42.6 Å². The first-order chi connectivity index (χ1) is 12.0. The van der Waals surface area contributed by atoms with E-state index in [0.717, 1.165) is 11.3 Å². The van der Waals surface area contributed by atoms with Crippen LogP contribution in [-0.4, -0.2) is 22.8 Å². The summed E-state index contributed by atoms with van der Waals surface area (Å²) < 4.78 is 0. The molecule has 1 aromatic carbocycles. The van der Waals surface area contributed by atoms with Crippen molar-refractivity contribution in [2.24, 2.45) is 5.92 Å². The highest BCUT2D eigenvalue weighted by Gasteiger charge is 2.37. The molecule has 130 valence electrons. The highest BCUT2D eigenvalue weighted by molar-refractivity contribution is 6.31. The van der Waals surface area contributed by atoms with Crippen LogP contribution in [0.5, 0.6) is 0 Å². The molecule has 6 heteroatoms. The SMILES string of the molecule is CC(C)CC(C(=O)Nc1ccccn1)N1C(=O)Cc2cc(Cl)ccc21. The summed E-state index contributed by atoms with van der Waals surface area (Å²) >= 11 is 6.04. The van der Waals surface area contributed by atoms with Crippen molar-refractivity contribution in [2.45, 2.75) is 32.7 Å². The lowest BCUT2D eigenvalue weighted by atomic mass is 10.0. The van der Waals surface area contributed by atoms with Crippen molar-refractivity contribution >= 4 is 34.9 Å². The predicted octanol–water partition coefficient (Wildman–Crippen LogP) is 3.68. The number of benzene rings is 1. The molecule has 0 fully saturated rings. The lowest BCUT2D eigenvalue weighted by molar-refractivity contribution is -0.123. The molecule has 1 unspecified atom stereocenters. The van der Waals surface area contributed by atoms with Crippen molar-refractivity contribution in [1.82, 2.24) is 4.98 Å². The van der Waals surface area contributed by atoms with E-state index in [1.165, 1.54) is 0 Å². The number of carbonyl (C=O) groups excluding carboxylic acids is 2. The molecule has 0 bridgehead atoms. The van der Waals surface area contributed by atoms with Crippen molar-refractivity contribution in [2.75, 3.05) is 10.2 Å². The zero-order chi connectivity index (χ0) is 18.0. The van der Waals surface area contributed by atoms with E-state index in [2.05, 4.69) is 10.3 Å². The van der Waals surface area contributed by atoms with Crippen LogP contribution in [-0.2, 0) is 16.0 Å². The minimum Gasteiger partial charge on any atom is -0.309 e. The number of hydrogen-bond acceptors (Lipinski definition) is 3. The molecule has 0 radical (unpaired) electrons. The molecule has 0 spiro atoms. The van der Waals surface area contributed by atoms with E-state index in [1.54, 1.807) is 41.4 Å². The minimum atomic E-state index is -0.586. The van der Waals surface area contributed by atoms with Gasteiger partial charge in [-0.05, 0) is 48.2 Å². The Morgan fingerprint density at radius 2 is 2.12 bits per heavy atom. The molecule has 1 atom stereocenters. The molecule has 2 heterocycles. The Balaban J connectivity index is 1.91. The van der Waals surface area contributed by atoms with Crippen LogP contribution >= 0.6 is 11.6 Å². The zero-order valence-electron chi connectivity index (χ0n) is 14.2. The number of hydrogen-bond donors (Lipinski definition) is 1. The van der Waals surface area contributed by atoms with Crippen molar-refractivity contribution in [3.8, 4) is 0 Å². The number of fused-ring (bicyclic) bond motifs is 1. The molecule has 0 saturated heterocycles. The number of rotatable bonds is 5. The third-order valence-corrected chi connectivity index (χ3v) is 4.37. The Labute approximate surface area is 152 Å². The molecule has 0 aliphatic carbocycles. The highest BCUT2D eigenvalue weighted by Crippen LogP contribution is 2.34. The fraction of sp³-hybridized carbons (Fsp3) is 0.316. The molecule has 25 heavy (non-hydrogen) atoms. The van der Waals surface area contributed by atoms with E-state index in [-0.39, 0.29) is 24.2 Å². The smallest absolute Gasteiger partial charge is 0.248 e. The first-order valence-electron chi connectivity index (χ1n) is 8.28. The van der Waals surface area contributed by atoms with Crippen LogP contribution in [0.3, 0.4) is 0 Å². The number of nitrogens with one attached hydrogen (secondary N) is 1. The van der Waals surface area contributed by atoms with Gasteiger partial charge in [-0.3, -0.25) is 14.5 Å². The Morgan fingerprint density at radius 3 is 2.80 bits per heavy atom. The summed E-state index contributed by atoms with van der Waals surface area (Å²) in [6.07, 6.45) is 2.44. The monoisotopic (exact) mass is 357 g/mol. The van der Waals surface area contributed by atoms with Crippen molar-refractivity contribution in [3.63, 3.8) is 0 Å². The van der Waals surface area contributed by atoms with Crippen molar-refractivity contribution in [1.29, 1.82) is 0 Å². The molecular formula is C19H20ClN3O2. The van der Waals surface area contributed by atoms with E-state index < -0.39 is 6.04 Å². The van der Waals surface area contributed by atoms with Gasteiger partial charge in [0, 0.05) is 16.9 Å². The van der Waals surface area contributed by atoms with Crippen molar-refractivity contribution < 1.29 is 9.59 Å². The number of amides is 2. The number of halogens is 1. The maximum atomic E-state index is 12.9. The van der Waals surface area contributed by atoms with Gasteiger partial charge in [0.05, 0.1) is 6.42 Å². The number of anilines is 2. The third kappa shape index (κ3) is 3.82. The summed E-state index contributed by atoms with van der Waals surface area (Å²) in [7, 11) is 0. The quantitative estimate of drug-likeness (QED) is 0.887. The Bertz CT molecular complexity index is 793. The summed E-state index contributed by atoms with van der Waals surface area (Å²) in [6.45, 7) is 4.06. The molecule has 3 rings (SSSR count).